The van der Waals surface area contributed by atoms with Crippen molar-refractivity contribution in [2.24, 2.45) is 0 Å². The van der Waals surface area contributed by atoms with Crippen molar-refractivity contribution in [3.05, 3.63) is 84.4 Å². The Kier molecular flexibility index (Phi) is 6.19. The van der Waals surface area contributed by atoms with Crippen LogP contribution in [-0.4, -0.2) is 26.6 Å². The van der Waals surface area contributed by atoms with Crippen molar-refractivity contribution in [2.75, 3.05) is 7.11 Å². The van der Waals surface area contributed by atoms with Crippen LogP contribution in [0.5, 0.6) is 17.2 Å². The summed E-state index contributed by atoms with van der Waals surface area (Å²) in [4.78, 5) is 11.4. The molecule has 1 N–H and O–H groups in total. The van der Waals surface area contributed by atoms with Gasteiger partial charge in [-0.1, -0.05) is 30.3 Å². The molecule has 0 aromatic heterocycles. The molecule has 0 saturated carbocycles. The van der Waals surface area contributed by atoms with Crippen LogP contribution in [0.25, 0.3) is 0 Å². The minimum absolute atomic E-state index is 0.0363. The first-order valence-electron chi connectivity index (χ1n) is 8.83. The Morgan fingerprint density at radius 3 is 1.97 bits per heavy atom. The monoisotopic (exact) mass is 412 g/mol. The number of hydrogen-bond acceptors (Lipinski definition) is 5. The maximum Gasteiger partial charge on any atom is 0.305 e. The predicted octanol–water partition coefficient (Wildman–Crippen LogP) is 4.48. The third kappa shape index (κ3) is 4.94. The van der Waals surface area contributed by atoms with E-state index in [4.69, 9.17) is 9.47 Å². The summed E-state index contributed by atoms with van der Waals surface area (Å²) >= 11 is 0. The SMILES string of the molecule is COc1ccc(S(=O)(=O)C(CC(=O)O)c2ccc(Oc3ccccc3)cc2)cc1. The number of hydrogen-bond donors (Lipinski definition) is 1. The second kappa shape index (κ2) is 8.79. The minimum Gasteiger partial charge on any atom is -0.497 e. The molecule has 7 heteroatoms. The highest BCUT2D eigenvalue weighted by Gasteiger charge is 2.31. The van der Waals surface area contributed by atoms with Gasteiger partial charge in [-0.3, -0.25) is 4.79 Å². The number of aliphatic carboxylic acids is 1. The van der Waals surface area contributed by atoms with Crippen LogP contribution >= 0.6 is 0 Å². The molecule has 0 radical (unpaired) electrons. The van der Waals surface area contributed by atoms with E-state index >= 15 is 0 Å². The molecule has 3 aromatic carbocycles. The van der Waals surface area contributed by atoms with E-state index in [9.17, 15) is 18.3 Å². The summed E-state index contributed by atoms with van der Waals surface area (Å²) in [5.74, 6) is 0.488. The Morgan fingerprint density at radius 1 is 0.862 bits per heavy atom. The number of carboxylic acid groups (broad SMARTS) is 1. The highest BCUT2D eigenvalue weighted by atomic mass is 32.2. The zero-order valence-electron chi connectivity index (χ0n) is 15.7. The molecule has 0 amide bonds. The number of methoxy groups -OCH3 is 1. The summed E-state index contributed by atoms with van der Waals surface area (Å²) in [6.45, 7) is 0. The molecule has 1 atom stereocenters. The summed E-state index contributed by atoms with van der Waals surface area (Å²) < 4.78 is 37.0. The van der Waals surface area contributed by atoms with Crippen molar-refractivity contribution in [3.63, 3.8) is 0 Å². The quantitative estimate of drug-likeness (QED) is 0.587. The molecule has 6 nitrogen and oxygen atoms in total. The summed E-state index contributed by atoms with van der Waals surface area (Å²) in [5.41, 5.74) is 0.378. The summed E-state index contributed by atoms with van der Waals surface area (Å²) in [7, 11) is -2.44. The molecule has 0 bridgehead atoms. The van der Waals surface area contributed by atoms with E-state index in [0.29, 0.717) is 22.8 Å². The van der Waals surface area contributed by atoms with Crippen LogP contribution in [0.4, 0.5) is 0 Å². The molecular weight excluding hydrogens is 392 g/mol. The Bertz CT molecular complexity index is 1060. The number of ether oxygens (including phenoxy) is 2. The van der Waals surface area contributed by atoms with Gasteiger partial charge in [0.1, 0.15) is 22.5 Å². The van der Waals surface area contributed by atoms with Crippen molar-refractivity contribution in [1.82, 2.24) is 0 Å². The van der Waals surface area contributed by atoms with Crippen LogP contribution in [0.3, 0.4) is 0 Å². The summed E-state index contributed by atoms with van der Waals surface area (Å²) in [6, 6.07) is 21.4. The number of sulfone groups is 1. The van der Waals surface area contributed by atoms with Gasteiger partial charge in [-0.05, 0) is 54.1 Å². The molecule has 3 rings (SSSR count). The fraction of sp³-hybridized carbons (Fsp3) is 0.136. The molecule has 29 heavy (non-hydrogen) atoms. The van der Waals surface area contributed by atoms with Crippen LogP contribution in [0, 0.1) is 0 Å². The zero-order valence-corrected chi connectivity index (χ0v) is 16.5. The Hall–Kier alpha value is -3.32. The van der Waals surface area contributed by atoms with E-state index in [1.165, 1.54) is 31.4 Å². The lowest BCUT2D eigenvalue weighted by Crippen LogP contribution is -2.17. The smallest absolute Gasteiger partial charge is 0.305 e. The molecule has 0 saturated heterocycles. The second-order valence-electron chi connectivity index (χ2n) is 6.29. The first kappa shape index (κ1) is 20.4. The van der Waals surface area contributed by atoms with Gasteiger partial charge >= 0.3 is 5.97 Å². The van der Waals surface area contributed by atoms with E-state index < -0.39 is 27.5 Å². The van der Waals surface area contributed by atoms with Gasteiger partial charge in [0.25, 0.3) is 0 Å². The minimum atomic E-state index is -3.92. The maximum absolute atomic E-state index is 13.1. The molecule has 0 spiro atoms. The predicted molar refractivity (Wildman–Crippen MR) is 108 cm³/mol. The number of rotatable bonds is 8. The van der Waals surface area contributed by atoms with Crippen LogP contribution in [0.1, 0.15) is 17.2 Å². The summed E-state index contributed by atoms with van der Waals surface area (Å²) in [5, 5.41) is 8.05. The van der Waals surface area contributed by atoms with Gasteiger partial charge in [-0.25, -0.2) is 8.42 Å². The molecule has 0 aliphatic heterocycles. The van der Waals surface area contributed by atoms with E-state index in [1.54, 1.807) is 36.4 Å². The number of para-hydroxylation sites is 1. The lowest BCUT2D eigenvalue weighted by molar-refractivity contribution is -0.137. The Labute approximate surface area is 169 Å². The average molecular weight is 412 g/mol. The third-order valence-corrected chi connectivity index (χ3v) is 6.47. The molecule has 1 unspecified atom stereocenters. The van der Waals surface area contributed by atoms with Crippen molar-refractivity contribution in [1.29, 1.82) is 0 Å². The van der Waals surface area contributed by atoms with Gasteiger partial charge in [0.05, 0.1) is 18.4 Å². The van der Waals surface area contributed by atoms with Crippen LogP contribution in [0.15, 0.2) is 83.8 Å². The van der Waals surface area contributed by atoms with Crippen molar-refractivity contribution < 1.29 is 27.8 Å². The summed E-state index contributed by atoms with van der Waals surface area (Å²) in [6.07, 6.45) is -0.548. The van der Waals surface area contributed by atoms with E-state index in [0.717, 1.165) is 0 Å². The van der Waals surface area contributed by atoms with E-state index in [1.807, 2.05) is 18.2 Å². The normalized spacial score (nSPS) is 12.2. The Balaban J connectivity index is 1.90. The first-order valence-corrected chi connectivity index (χ1v) is 10.4. The maximum atomic E-state index is 13.1. The van der Waals surface area contributed by atoms with Crippen LogP contribution in [-0.2, 0) is 14.6 Å². The van der Waals surface area contributed by atoms with E-state index in [-0.39, 0.29) is 4.90 Å². The standard InChI is InChI=1S/C22H20O6S/c1-27-17-11-13-20(14-12-17)29(25,26)21(15-22(23)24)16-7-9-19(10-8-16)28-18-5-3-2-4-6-18/h2-14,21H,15H2,1H3,(H,23,24). The van der Waals surface area contributed by atoms with Crippen molar-refractivity contribution in [3.8, 4) is 17.2 Å². The van der Waals surface area contributed by atoms with Gasteiger partial charge in [-0.2, -0.15) is 0 Å². The average Bonchev–Trinajstić information content (AvgIpc) is 2.73. The highest BCUT2D eigenvalue weighted by Crippen LogP contribution is 2.34. The molecule has 0 aliphatic rings. The largest absolute Gasteiger partial charge is 0.497 e. The van der Waals surface area contributed by atoms with Crippen molar-refractivity contribution in [2.45, 2.75) is 16.6 Å². The first-order chi connectivity index (χ1) is 13.9. The number of carbonyl (C=O) groups is 1. The Morgan fingerprint density at radius 2 is 1.41 bits per heavy atom. The van der Waals surface area contributed by atoms with Gasteiger partial charge in [0, 0.05) is 0 Å². The number of benzene rings is 3. The van der Waals surface area contributed by atoms with Crippen molar-refractivity contribution >= 4 is 15.8 Å². The number of carboxylic acids is 1. The zero-order chi connectivity index (χ0) is 20.9. The molecule has 3 aromatic rings. The van der Waals surface area contributed by atoms with E-state index in [2.05, 4.69) is 0 Å². The molecule has 0 aliphatic carbocycles. The van der Waals surface area contributed by atoms with Crippen LogP contribution in [0.2, 0.25) is 0 Å². The highest BCUT2D eigenvalue weighted by molar-refractivity contribution is 7.91. The lowest BCUT2D eigenvalue weighted by Gasteiger charge is -2.17. The second-order valence-corrected chi connectivity index (χ2v) is 8.42. The fourth-order valence-electron chi connectivity index (χ4n) is 2.87. The van der Waals surface area contributed by atoms with Gasteiger partial charge < -0.3 is 14.6 Å². The fourth-order valence-corrected chi connectivity index (χ4v) is 4.59. The van der Waals surface area contributed by atoms with Crippen LogP contribution < -0.4 is 9.47 Å². The lowest BCUT2D eigenvalue weighted by atomic mass is 10.1. The third-order valence-electron chi connectivity index (χ3n) is 4.35. The van der Waals surface area contributed by atoms with Gasteiger partial charge in [0.2, 0.25) is 0 Å². The molecule has 0 heterocycles. The molecule has 0 fully saturated rings. The molecular formula is C22H20O6S. The molecule has 150 valence electrons. The van der Waals surface area contributed by atoms with Gasteiger partial charge in [-0.15, -0.1) is 0 Å². The topological polar surface area (TPSA) is 89.9 Å². The van der Waals surface area contributed by atoms with Gasteiger partial charge in [0.15, 0.2) is 9.84 Å².